The lowest BCUT2D eigenvalue weighted by molar-refractivity contribution is 0.102. The molecule has 2 N–H and O–H groups in total. The zero-order chi connectivity index (χ0) is 18.5. The molecule has 0 saturated heterocycles. The maximum atomic E-state index is 12.4. The Hall–Kier alpha value is -2.76. The monoisotopic (exact) mass is 387 g/mol. The number of nitrogens with one attached hydrogen (secondary N) is 2. The topological polar surface area (TPSA) is 63.2 Å². The first kappa shape index (κ1) is 18.0. The van der Waals surface area contributed by atoms with Crippen molar-refractivity contribution in [3.05, 3.63) is 76.5 Å². The van der Waals surface area contributed by atoms with Gasteiger partial charge in [-0.15, -0.1) is 0 Å². The van der Waals surface area contributed by atoms with Crippen LogP contribution in [0.25, 0.3) is 0 Å². The van der Waals surface area contributed by atoms with Gasteiger partial charge < -0.3 is 15.4 Å². The van der Waals surface area contributed by atoms with Gasteiger partial charge in [-0.3, -0.25) is 9.78 Å². The highest BCUT2D eigenvalue weighted by Crippen LogP contribution is 2.28. The van der Waals surface area contributed by atoms with Gasteiger partial charge in [-0.05, 0) is 42.5 Å². The molecule has 1 heterocycles. The summed E-state index contributed by atoms with van der Waals surface area (Å²) in [6, 6.07) is 14.0. The van der Waals surface area contributed by atoms with Gasteiger partial charge in [0.1, 0.15) is 5.75 Å². The van der Waals surface area contributed by atoms with Crippen LogP contribution in [-0.2, 0) is 0 Å². The average Bonchev–Trinajstić information content (AvgIpc) is 2.62. The molecule has 0 bridgehead atoms. The third-order valence-corrected chi connectivity index (χ3v) is 4.05. The number of pyridine rings is 1. The highest BCUT2D eigenvalue weighted by molar-refractivity contribution is 6.32. The summed E-state index contributed by atoms with van der Waals surface area (Å²) in [7, 11) is 1.56. The van der Waals surface area contributed by atoms with Crippen LogP contribution in [-0.4, -0.2) is 18.0 Å². The van der Waals surface area contributed by atoms with E-state index in [0.29, 0.717) is 32.7 Å². The number of halogens is 2. The number of rotatable bonds is 5. The lowest BCUT2D eigenvalue weighted by Gasteiger charge is -2.10. The Morgan fingerprint density at radius 1 is 1.00 bits per heavy atom. The van der Waals surface area contributed by atoms with Gasteiger partial charge in [-0.25, -0.2) is 0 Å². The second-order valence-electron chi connectivity index (χ2n) is 5.40. The third kappa shape index (κ3) is 4.45. The molecule has 2 aromatic carbocycles. The molecule has 0 fully saturated rings. The third-order valence-electron chi connectivity index (χ3n) is 3.52. The van der Waals surface area contributed by atoms with Crippen molar-refractivity contribution in [3.8, 4) is 5.75 Å². The molecule has 0 spiro atoms. The largest absolute Gasteiger partial charge is 0.495 e. The maximum absolute atomic E-state index is 12.4. The molecule has 0 aliphatic heterocycles. The van der Waals surface area contributed by atoms with E-state index in [0.717, 1.165) is 5.69 Å². The second-order valence-corrected chi connectivity index (χ2v) is 6.24. The Morgan fingerprint density at radius 2 is 1.85 bits per heavy atom. The van der Waals surface area contributed by atoms with E-state index in [1.165, 1.54) is 6.20 Å². The van der Waals surface area contributed by atoms with Crippen molar-refractivity contribution in [2.24, 2.45) is 0 Å². The number of carbonyl (C=O) groups is 1. The Bertz CT molecular complexity index is 948. The summed E-state index contributed by atoms with van der Waals surface area (Å²) in [4.78, 5) is 16.5. The van der Waals surface area contributed by atoms with Crippen LogP contribution >= 0.6 is 23.2 Å². The predicted octanol–water partition coefficient (Wildman–Crippen LogP) is 5.39. The number of methoxy groups -OCH3 is 1. The maximum Gasteiger partial charge on any atom is 0.257 e. The molecule has 0 atom stereocenters. The van der Waals surface area contributed by atoms with Crippen LogP contribution in [0, 0.1) is 0 Å². The highest BCUT2D eigenvalue weighted by atomic mass is 35.5. The van der Waals surface area contributed by atoms with Gasteiger partial charge in [0.15, 0.2) is 0 Å². The predicted molar refractivity (Wildman–Crippen MR) is 105 cm³/mol. The normalized spacial score (nSPS) is 10.3. The quantitative estimate of drug-likeness (QED) is 0.615. The summed E-state index contributed by atoms with van der Waals surface area (Å²) >= 11 is 12.1. The molecule has 3 rings (SSSR count). The van der Waals surface area contributed by atoms with Crippen LogP contribution in [0.2, 0.25) is 10.0 Å². The average molecular weight is 388 g/mol. The molecule has 1 aromatic heterocycles. The molecule has 3 aromatic rings. The number of aromatic nitrogens is 1. The molecule has 0 saturated carbocycles. The summed E-state index contributed by atoms with van der Waals surface area (Å²) in [5.41, 5.74) is 2.44. The minimum Gasteiger partial charge on any atom is -0.495 e. The van der Waals surface area contributed by atoms with E-state index in [-0.39, 0.29) is 5.91 Å². The standard InChI is InChI=1S/C19H15Cl2N3O2/c1-26-18-6-5-15(9-17(18)21)23-16-7-12(10-22-11-16)19(25)24-14-4-2-3-13(20)8-14/h2-11,23H,1H3,(H,24,25). The molecule has 0 unspecified atom stereocenters. The minimum absolute atomic E-state index is 0.281. The van der Waals surface area contributed by atoms with Gasteiger partial charge in [0.2, 0.25) is 0 Å². The Labute approximate surface area is 160 Å². The first-order valence-electron chi connectivity index (χ1n) is 7.67. The van der Waals surface area contributed by atoms with Crippen LogP contribution in [0.1, 0.15) is 10.4 Å². The van der Waals surface area contributed by atoms with Crippen LogP contribution < -0.4 is 15.4 Å². The fraction of sp³-hybridized carbons (Fsp3) is 0.0526. The van der Waals surface area contributed by atoms with Crippen molar-refractivity contribution in [3.63, 3.8) is 0 Å². The fourth-order valence-electron chi connectivity index (χ4n) is 2.31. The number of hydrogen-bond donors (Lipinski definition) is 2. The number of hydrogen-bond acceptors (Lipinski definition) is 4. The molecule has 7 heteroatoms. The van der Waals surface area contributed by atoms with Crippen LogP contribution in [0.5, 0.6) is 5.75 Å². The smallest absolute Gasteiger partial charge is 0.257 e. The van der Waals surface area contributed by atoms with E-state index in [1.807, 2.05) is 6.07 Å². The van der Waals surface area contributed by atoms with Gasteiger partial charge in [-0.1, -0.05) is 29.3 Å². The summed E-state index contributed by atoms with van der Waals surface area (Å²) < 4.78 is 5.13. The lowest BCUT2D eigenvalue weighted by Crippen LogP contribution is -2.12. The molecule has 0 aliphatic carbocycles. The second kappa shape index (κ2) is 8.08. The van der Waals surface area contributed by atoms with Gasteiger partial charge in [-0.2, -0.15) is 0 Å². The fourth-order valence-corrected chi connectivity index (χ4v) is 2.76. The zero-order valence-corrected chi connectivity index (χ0v) is 15.3. The molecule has 1 amide bonds. The summed E-state index contributed by atoms with van der Waals surface area (Å²) in [5, 5.41) is 6.98. The van der Waals surface area contributed by atoms with E-state index in [9.17, 15) is 4.79 Å². The molecular formula is C19H15Cl2N3O2. The molecule has 0 radical (unpaired) electrons. The van der Waals surface area contributed by atoms with E-state index < -0.39 is 0 Å². The van der Waals surface area contributed by atoms with E-state index >= 15 is 0 Å². The van der Waals surface area contributed by atoms with Gasteiger partial charge in [0.05, 0.1) is 29.6 Å². The Morgan fingerprint density at radius 3 is 2.58 bits per heavy atom. The molecule has 26 heavy (non-hydrogen) atoms. The van der Waals surface area contributed by atoms with Gasteiger partial charge in [0.25, 0.3) is 5.91 Å². The molecule has 0 aliphatic rings. The summed E-state index contributed by atoms with van der Waals surface area (Å²) in [6.07, 6.45) is 3.11. The van der Waals surface area contributed by atoms with E-state index in [4.69, 9.17) is 27.9 Å². The number of benzene rings is 2. The van der Waals surface area contributed by atoms with Crippen molar-refractivity contribution in [1.82, 2.24) is 4.98 Å². The minimum atomic E-state index is -0.281. The number of nitrogens with zero attached hydrogens (tertiary/aromatic N) is 1. The first-order valence-corrected chi connectivity index (χ1v) is 8.43. The van der Waals surface area contributed by atoms with Gasteiger partial charge >= 0.3 is 0 Å². The number of carbonyl (C=O) groups excluding carboxylic acids is 1. The van der Waals surface area contributed by atoms with Crippen LogP contribution in [0.3, 0.4) is 0 Å². The van der Waals surface area contributed by atoms with Crippen molar-refractivity contribution in [2.45, 2.75) is 0 Å². The van der Waals surface area contributed by atoms with Crippen LogP contribution in [0.4, 0.5) is 17.1 Å². The van der Waals surface area contributed by atoms with Crippen molar-refractivity contribution < 1.29 is 9.53 Å². The summed E-state index contributed by atoms with van der Waals surface area (Å²) in [5.74, 6) is 0.307. The lowest BCUT2D eigenvalue weighted by atomic mass is 10.2. The number of amides is 1. The summed E-state index contributed by atoms with van der Waals surface area (Å²) in [6.45, 7) is 0. The first-order chi connectivity index (χ1) is 12.5. The van der Waals surface area contributed by atoms with E-state index in [1.54, 1.807) is 55.8 Å². The number of anilines is 3. The highest BCUT2D eigenvalue weighted by Gasteiger charge is 2.09. The van der Waals surface area contributed by atoms with Gasteiger partial charge in [0, 0.05) is 22.6 Å². The van der Waals surface area contributed by atoms with Crippen LogP contribution in [0.15, 0.2) is 60.9 Å². The van der Waals surface area contributed by atoms with Crippen molar-refractivity contribution in [2.75, 3.05) is 17.7 Å². The molecular weight excluding hydrogens is 373 g/mol. The van der Waals surface area contributed by atoms with Crippen molar-refractivity contribution >= 4 is 46.2 Å². The number of ether oxygens (including phenoxy) is 1. The Balaban J connectivity index is 1.75. The SMILES string of the molecule is COc1ccc(Nc2cncc(C(=O)Nc3cccc(Cl)c3)c2)cc1Cl. The molecule has 5 nitrogen and oxygen atoms in total. The van der Waals surface area contributed by atoms with Crippen molar-refractivity contribution in [1.29, 1.82) is 0 Å². The Kier molecular flexibility index (Phi) is 5.61. The van der Waals surface area contributed by atoms with E-state index in [2.05, 4.69) is 15.6 Å². The zero-order valence-electron chi connectivity index (χ0n) is 13.8. The molecule has 132 valence electrons.